The van der Waals surface area contributed by atoms with Gasteiger partial charge in [0, 0.05) is 5.56 Å². The molecule has 0 spiro atoms. The summed E-state index contributed by atoms with van der Waals surface area (Å²) in [6.07, 6.45) is 2.52. The molecule has 0 aliphatic carbocycles. The van der Waals surface area contributed by atoms with Gasteiger partial charge in [0.1, 0.15) is 11.6 Å². The van der Waals surface area contributed by atoms with E-state index in [9.17, 15) is 5.11 Å². The minimum Gasteiger partial charge on any atom is -0.507 e. The monoisotopic (exact) mass is 217 g/mol. The van der Waals surface area contributed by atoms with Gasteiger partial charge in [-0.2, -0.15) is 0 Å². The highest BCUT2D eigenvalue weighted by atomic mass is 16.3. The van der Waals surface area contributed by atoms with Gasteiger partial charge in [-0.15, -0.1) is 0 Å². The molecule has 0 saturated carbocycles. The Balaban J connectivity index is 2.35. The summed E-state index contributed by atoms with van der Waals surface area (Å²) in [5.41, 5.74) is 7.40. The van der Waals surface area contributed by atoms with Crippen LogP contribution in [-0.2, 0) is 0 Å². The molecule has 1 atom stereocenters. The van der Waals surface area contributed by atoms with E-state index in [4.69, 9.17) is 5.73 Å². The van der Waals surface area contributed by atoms with Gasteiger partial charge in [-0.25, -0.2) is 4.98 Å². The molecule has 0 aliphatic rings. The van der Waals surface area contributed by atoms with E-state index in [1.165, 1.54) is 0 Å². The fourth-order valence-electron chi connectivity index (χ4n) is 1.56. The first kappa shape index (κ1) is 10.7. The Morgan fingerprint density at radius 2 is 2.19 bits per heavy atom. The van der Waals surface area contributed by atoms with Crippen molar-refractivity contribution in [3.8, 4) is 17.0 Å². The second kappa shape index (κ2) is 4.37. The number of para-hydroxylation sites is 1. The van der Waals surface area contributed by atoms with Crippen molar-refractivity contribution in [1.82, 2.24) is 9.97 Å². The Kier molecular flexibility index (Phi) is 2.92. The third-order valence-electron chi connectivity index (χ3n) is 2.58. The highest BCUT2D eigenvalue weighted by Gasteiger charge is 2.10. The molecular formula is C12H15N3O. The molecule has 1 aromatic heterocycles. The van der Waals surface area contributed by atoms with Gasteiger partial charge < -0.3 is 15.8 Å². The van der Waals surface area contributed by atoms with Gasteiger partial charge in [0.2, 0.25) is 0 Å². The number of hydrogen-bond acceptors (Lipinski definition) is 3. The molecule has 0 radical (unpaired) electrons. The predicted octanol–water partition coefficient (Wildman–Crippen LogP) is 2.19. The summed E-state index contributed by atoms with van der Waals surface area (Å²) in [6, 6.07) is 7.06. The van der Waals surface area contributed by atoms with E-state index in [0.29, 0.717) is 0 Å². The summed E-state index contributed by atoms with van der Waals surface area (Å²) in [5.74, 6) is 0.989. The van der Waals surface area contributed by atoms with Crippen LogP contribution < -0.4 is 5.73 Å². The third kappa shape index (κ3) is 1.92. The number of nitrogens with two attached hydrogens (primary N) is 1. The maximum atomic E-state index is 9.69. The summed E-state index contributed by atoms with van der Waals surface area (Å²) >= 11 is 0. The van der Waals surface area contributed by atoms with Crippen LogP contribution in [0.5, 0.6) is 5.75 Å². The first-order chi connectivity index (χ1) is 7.72. The van der Waals surface area contributed by atoms with Crippen LogP contribution in [0.1, 0.15) is 25.2 Å². The first-order valence-corrected chi connectivity index (χ1v) is 5.31. The summed E-state index contributed by atoms with van der Waals surface area (Å²) in [5, 5.41) is 9.69. The quantitative estimate of drug-likeness (QED) is 0.737. The standard InChI is InChI=1S/C12H15N3O/c1-2-9(13)12-14-7-10(15-12)8-5-3-4-6-11(8)16/h3-7,9,16H,2,13H2,1H3,(H,14,15)/t9-/m0/s1. The lowest BCUT2D eigenvalue weighted by Gasteiger charge is -2.04. The van der Waals surface area contributed by atoms with E-state index in [-0.39, 0.29) is 11.8 Å². The smallest absolute Gasteiger partial charge is 0.124 e. The summed E-state index contributed by atoms with van der Waals surface area (Å²) < 4.78 is 0. The van der Waals surface area contributed by atoms with Gasteiger partial charge in [0.25, 0.3) is 0 Å². The zero-order valence-corrected chi connectivity index (χ0v) is 9.14. The molecule has 0 bridgehead atoms. The minimum absolute atomic E-state index is 0.0837. The lowest BCUT2D eigenvalue weighted by Crippen LogP contribution is -2.10. The lowest BCUT2D eigenvalue weighted by atomic mass is 10.1. The first-order valence-electron chi connectivity index (χ1n) is 5.31. The van der Waals surface area contributed by atoms with Gasteiger partial charge in [-0.3, -0.25) is 0 Å². The van der Waals surface area contributed by atoms with Crippen molar-refractivity contribution in [1.29, 1.82) is 0 Å². The molecule has 16 heavy (non-hydrogen) atoms. The second-order valence-electron chi connectivity index (χ2n) is 3.71. The van der Waals surface area contributed by atoms with Crippen LogP contribution in [-0.4, -0.2) is 15.1 Å². The zero-order valence-electron chi connectivity index (χ0n) is 9.14. The van der Waals surface area contributed by atoms with Crippen LogP contribution in [0, 0.1) is 0 Å². The molecule has 4 N–H and O–H groups in total. The molecule has 0 aliphatic heterocycles. The van der Waals surface area contributed by atoms with E-state index in [0.717, 1.165) is 23.5 Å². The number of phenols is 1. The van der Waals surface area contributed by atoms with Crippen LogP contribution >= 0.6 is 0 Å². The lowest BCUT2D eigenvalue weighted by molar-refractivity contribution is 0.477. The van der Waals surface area contributed by atoms with Gasteiger partial charge in [0.15, 0.2) is 0 Å². The number of H-pyrrole nitrogens is 1. The Morgan fingerprint density at radius 3 is 2.88 bits per heavy atom. The summed E-state index contributed by atoms with van der Waals surface area (Å²) in [4.78, 5) is 7.34. The molecular weight excluding hydrogens is 202 g/mol. The molecule has 0 unspecified atom stereocenters. The van der Waals surface area contributed by atoms with Crippen LogP contribution in [0.3, 0.4) is 0 Å². The minimum atomic E-state index is -0.0837. The van der Waals surface area contributed by atoms with Crippen molar-refractivity contribution in [2.24, 2.45) is 5.73 Å². The molecule has 1 heterocycles. The number of nitrogens with zero attached hydrogens (tertiary/aromatic N) is 1. The molecule has 2 rings (SSSR count). The number of imidazole rings is 1. The van der Waals surface area contributed by atoms with Crippen molar-refractivity contribution < 1.29 is 5.11 Å². The molecule has 2 aromatic rings. The normalized spacial score (nSPS) is 12.6. The number of aromatic hydroxyl groups is 1. The molecule has 1 aromatic carbocycles. The van der Waals surface area contributed by atoms with Crippen LogP contribution in [0.15, 0.2) is 30.5 Å². The number of hydrogen-bond donors (Lipinski definition) is 3. The van der Waals surface area contributed by atoms with Crippen LogP contribution in [0.2, 0.25) is 0 Å². The fraction of sp³-hybridized carbons (Fsp3) is 0.250. The van der Waals surface area contributed by atoms with Crippen molar-refractivity contribution in [3.05, 3.63) is 36.3 Å². The highest BCUT2D eigenvalue weighted by Crippen LogP contribution is 2.27. The molecule has 0 saturated heterocycles. The maximum absolute atomic E-state index is 9.69. The molecule has 0 fully saturated rings. The van der Waals surface area contributed by atoms with Gasteiger partial charge in [0.05, 0.1) is 17.9 Å². The maximum Gasteiger partial charge on any atom is 0.124 e. The Labute approximate surface area is 94.1 Å². The Bertz CT molecular complexity index is 479. The van der Waals surface area contributed by atoms with E-state index in [1.807, 2.05) is 19.1 Å². The van der Waals surface area contributed by atoms with Crippen molar-refractivity contribution in [2.75, 3.05) is 0 Å². The van der Waals surface area contributed by atoms with Gasteiger partial charge in [-0.05, 0) is 18.6 Å². The van der Waals surface area contributed by atoms with E-state index in [2.05, 4.69) is 9.97 Å². The zero-order chi connectivity index (χ0) is 11.5. The molecule has 0 amide bonds. The predicted molar refractivity (Wildman–Crippen MR) is 62.9 cm³/mol. The third-order valence-corrected chi connectivity index (χ3v) is 2.58. The van der Waals surface area contributed by atoms with Crippen LogP contribution in [0.25, 0.3) is 11.3 Å². The average molecular weight is 217 g/mol. The second-order valence-corrected chi connectivity index (χ2v) is 3.71. The molecule has 4 heteroatoms. The van der Waals surface area contributed by atoms with Crippen molar-refractivity contribution in [3.63, 3.8) is 0 Å². The Hall–Kier alpha value is -1.81. The number of nitrogens with one attached hydrogen (secondary N) is 1. The van der Waals surface area contributed by atoms with Gasteiger partial charge in [-0.1, -0.05) is 19.1 Å². The number of benzene rings is 1. The summed E-state index contributed by atoms with van der Waals surface area (Å²) in [6.45, 7) is 2.01. The Morgan fingerprint density at radius 1 is 1.44 bits per heavy atom. The SMILES string of the molecule is CC[C@H](N)c1ncc(-c2ccccc2O)[nH]1. The molecule has 84 valence electrons. The van der Waals surface area contributed by atoms with Crippen molar-refractivity contribution in [2.45, 2.75) is 19.4 Å². The summed E-state index contributed by atoms with van der Waals surface area (Å²) in [7, 11) is 0. The van der Waals surface area contributed by atoms with Crippen LogP contribution in [0.4, 0.5) is 0 Å². The van der Waals surface area contributed by atoms with Gasteiger partial charge >= 0.3 is 0 Å². The number of aromatic amines is 1. The van der Waals surface area contributed by atoms with E-state index < -0.39 is 0 Å². The highest BCUT2D eigenvalue weighted by molar-refractivity contribution is 5.66. The molecule has 4 nitrogen and oxygen atoms in total. The van der Waals surface area contributed by atoms with E-state index in [1.54, 1.807) is 18.3 Å². The average Bonchev–Trinajstić information content (AvgIpc) is 2.78. The van der Waals surface area contributed by atoms with E-state index >= 15 is 0 Å². The van der Waals surface area contributed by atoms with Crippen molar-refractivity contribution >= 4 is 0 Å². The number of aromatic nitrogens is 2. The number of phenolic OH excluding ortho intramolecular Hbond substituents is 1. The number of rotatable bonds is 3. The topological polar surface area (TPSA) is 74.9 Å². The fourth-order valence-corrected chi connectivity index (χ4v) is 1.56. The largest absolute Gasteiger partial charge is 0.507 e.